The highest BCUT2D eigenvalue weighted by Gasteiger charge is 2.36. The molecule has 0 saturated heterocycles. The average Bonchev–Trinajstić information content (AvgIpc) is 2.97. The predicted molar refractivity (Wildman–Crippen MR) is 134 cm³/mol. The minimum atomic E-state index is -3.97. The second-order valence-corrected chi connectivity index (χ2v) is 11.2. The molecule has 35 heavy (non-hydrogen) atoms. The van der Waals surface area contributed by atoms with Crippen molar-refractivity contribution in [1.29, 1.82) is 0 Å². The van der Waals surface area contributed by atoms with Crippen LogP contribution >= 0.6 is 0 Å². The van der Waals surface area contributed by atoms with Crippen molar-refractivity contribution in [2.45, 2.75) is 54.5 Å². The molecular weight excluding hydrogens is 460 g/mol. The van der Waals surface area contributed by atoms with Crippen molar-refractivity contribution in [3.8, 4) is 0 Å². The fourth-order valence-electron chi connectivity index (χ4n) is 5.10. The van der Waals surface area contributed by atoms with Crippen molar-refractivity contribution in [2.24, 2.45) is 0 Å². The Morgan fingerprint density at radius 3 is 2.34 bits per heavy atom. The lowest BCUT2D eigenvalue weighted by Crippen LogP contribution is -2.38. The number of carbonyl (C=O) groups excluding carboxylic acids is 2. The number of sulfone groups is 1. The first-order valence-electron chi connectivity index (χ1n) is 12.0. The molecule has 1 aliphatic heterocycles. The molecule has 180 valence electrons. The van der Waals surface area contributed by atoms with Gasteiger partial charge in [-0.15, -0.1) is 0 Å². The van der Waals surface area contributed by atoms with Crippen molar-refractivity contribution in [3.05, 3.63) is 89.5 Å². The van der Waals surface area contributed by atoms with Crippen molar-refractivity contribution in [2.75, 3.05) is 11.9 Å². The third-order valence-corrected chi connectivity index (χ3v) is 8.92. The topological polar surface area (TPSA) is 74.8 Å². The number of hydrogen-bond acceptors (Lipinski definition) is 4. The van der Waals surface area contributed by atoms with Crippen LogP contribution in [0.4, 0.5) is 5.69 Å². The van der Waals surface area contributed by atoms with Gasteiger partial charge in [0.05, 0.1) is 27.6 Å². The highest BCUT2D eigenvalue weighted by atomic mass is 32.2. The van der Waals surface area contributed by atoms with Gasteiger partial charge >= 0.3 is 0 Å². The first-order valence-corrected chi connectivity index (χ1v) is 13.5. The smallest absolute Gasteiger partial charge is 0.259 e. The summed E-state index contributed by atoms with van der Waals surface area (Å²) < 4.78 is 27.3. The molecule has 0 atom stereocenters. The van der Waals surface area contributed by atoms with E-state index in [1.165, 1.54) is 23.5 Å². The van der Waals surface area contributed by atoms with E-state index in [1.807, 2.05) is 37.4 Å². The van der Waals surface area contributed by atoms with Crippen LogP contribution in [-0.4, -0.2) is 38.2 Å². The average molecular weight is 489 g/mol. The summed E-state index contributed by atoms with van der Waals surface area (Å²) in [5.74, 6) is -0.567. The molecule has 2 amide bonds. The van der Waals surface area contributed by atoms with Crippen molar-refractivity contribution < 1.29 is 18.0 Å². The van der Waals surface area contributed by atoms with Crippen LogP contribution in [-0.2, 0) is 16.4 Å². The Hall–Kier alpha value is -3.45. The summed E-state index contributed by atoms with van der Waals surface area (Å²) in [6, 6.07) is 20.5. The van der Waals surface area contributed by atoms with E-state index in [0.717, 1.165) is 31.2 Å². The Balaban J connectivity index is 1.63. The minimum absolute atomic E-state index is 0.0137. The molecule has 1 heterocycles. The van der Waals surface area contributed by atoms with Gasteiger partial charge in [-0.2, -0.15) is 0 Å². The first kappa shape index (κ1) is 23.3. The van der Waals surface area contributed by atoms with Gasteiger partial charge in [0.2, 0.25) is 9.84 Å². The molecule has 0 radical (unpaired) electrons. The van der Waals surface area contributed by atoms with E-state index in [1.54, 1.807) is 35.2 Å². The van der Waals surface area contributed by atoms with E-state index in [-0.39, 0.29) is 39.5 Å². The molecule has 0 N–H and O–H groups in total. The van der Waals surface area contributed by atoms with Crippen LogP contribution in [0, 0.1) is 0 Å². The highest BCUT2D eigenvalue weighted by Crippen LogP contribution is 2.38. The normalized spacial score (nSPS) is 17.3. The van der Waals surface area contributed by atoms with E-state index < -0.39 is 15.7 Å². The van der Waals surface area contributed by atoms with Gasteiger partial charge in [-0.3, -0.25) is 9.59 Å². The number of carbonyl (C=O) groups is 2. The van der Waals surface area contributed by atoms with Crippen LogP contribution in [0.25, 0.3) is 0 Å². The number of nitrogens with zero attached hydrogens (tertiary/aromatic N) is 2. The zero-order valence-electron chi connectivity index (χ0n) is 19.7. The van der Waals surface area contributed by atoms with Gasteiger partial charge in [-0.25, -0.2) is 8.42 Å². The molecule has 1 fully saturated rings. The number of amides is 2. The maximum absolute atomic E-state index is 13.7. The Morgan fingerprint density at radius 2 is 1.60 bits per heavy atom. The molecule has 0 aromatic heterocycles. The Labute approximate surface area is 206 Å². The van der Waals surface area contributed by atoms with E-state index in [4.69, 9.17) is 0 Å². The largest absolute Gasteiger partial charge is 0.339 e. The van der Waals surface area contributed by atoms with Crippen LogP contribution < -0.4 is 4.90 Å². The van der Waals surface area contributed by atoms with Gasteiger partial charge in [0, 0.05) is 18.7 Å². The number of benzene rings is 3. The molecule has 7 heteroatoms. The standard InChI is InChI=1S/C28H28N2O4S/c1-29(22-12-6-3-7-13-22)27(31)21-16-17-26-24(18-21)30(19-20-10-4-2-5-11-20)28(32)23-14-8-9-15-25(23)35(26,33)34/h2,4-5,8-11,14-18,22H,3,6-7,12-13,19H2,1H3. The zero-order valence-corrected chi connectivity index (χ0v) is 20.5. The van der Waals surface area contributed by atoms with E-state index >= 15 is 0 Å². The fraction of sp³-hybridized carbons (Fsp3) is 0.286. The lowest BCUT2D eigenvalue weighted by Gasteiger charge is -2.31. The molecule has 6 nitrogen and oxygen atoms in total. The molecule has 1 aliphatic carbocycles. The van der Waals surface area contributed by atoms with Gasteiger partial charge in [0.1, 0.15) is 0 Å². The monoisotopic (exact) mass is 488 g/mol. The highest BCUT2D eigenvalue weighted by molar-refractivity contribution is 7.91. The van der Waals surface area contributed by atoms with Gasteiger partial charge in [-0.1, -0.05) is 61.7 Å². The second kappa shape index (κ2) is 9.30. The summed E-state index contributed by atoms with van der Waals surface area (Å²) in [5, 5.41) is 0. The molecule has 0 bridgehead atoms. The number of hydrogen-bond donors (Lipinski definition) is 0. The van der Waals surface area contributed by atoms with E-state index in [2.05, 4.69) is 0 Å². The van der Waals surface area contributed by atoms with Crippen LogP contribution in [0.2, 0.25) is 0 Å². The summed E-state index contributed by atoms with van der Waals surface area (Å²) in [6.07, 6.45) is 5.32. The quantitative estimate of drug-likeness (QED) is 0.513. The van der Waals surface area contributed by atoms with E-state index in [0.29, 0.717) is 5.56 Å². The molecule has 3 aromatic rings. The zero-order chi connectivity index (χ0) is 24.6. The lowest BCUT2D eigenvalue weighted by atomic mass is 9.94. The van der Waals surface area contributed by atoms with Gasteiger partial charge < -0.3 is 9.80 Å². The van der Waals surface area contributed by atoms with Crippen molar-refractivity contribution in [1.82, 2.24) is 4.90 Å². The molecule has 2 aliphatic rings. The third kappa shape index (κ3) is 4.25. The van der Waals surface area contributed by atoms with Crippen molar-refractivity contribution >= 4 is 27.3 Å². The van der Waals surface area contributed by atoms with Crippen LogP contribution in [0.1, 0.15) is 58.4 Å². The van der Waals surface area contributed by atoms with Crippen molar-refractivity contribution in [3.63, 3.8) is 0 Å². The third-order valence-electron chi connectivity index (χ3n) is 7.06. The van der Waals surface area contributed by atoms with Crippen LogP contribution in [0.3, 0.4) is 0 Å². The molecule has 1 saturated carbocycles. The maximum Gasteiger partial charge on any atom is 0.259 e. The lowest BCUT2D eigenvalue weighted by molar-refractivity contribution is 0.0696. The first-order chi connectivity index (χ1) is 16.9. The predicted octanol–water partition coefficient (Wildman–Crippen LogP) is 5.08. The molecular formula is C28H28N2O4S. The van der Waals surface area contributed by atoms with Gasteiger partial charge in [0.15, 0.2) is 0 Å². The summed E-state index contributed by atoms with van der Waals surface area (Å²) in [5.41, 5.74) is 1.60. The second-order valence-electron chi connectivity index (χ2n) is 9.27. The summed E-state index contributed by atoms with van der Waals surface area (Å²) >= 11 is 0. The van der Waals surface area contributed by atoms with Gasteiger partial charge in [-0.05, 0) is 48.7 Å². The Bertz CT molecular complexity index is 1380. The minimum Gasteiger partial charge on any atom is -0.339 e. The molecule has 5 rings (SSSR count). The van der Waals surface area contributed by atoms with Crippen LogP contribution in [0.15, 0.2) is 82.6 Å². The molecule has 0 spiro atoms. The number of anilines is 1. The summed E-state index contributed by atoms with van der Waals surface area (Å²) in [6.45, 7) is 0.187. The van der Waals surface area contributed by atoms with Gasteiger partial charge in [0.25, 0.3) is 11.8 Å². The fourth-order valence-corrected chi connectivity index (χ4v) is 6.73. The number of rotatable bonds is 4. The van der Waals surface area contributed by atoms with Crippen LogP contribution in [0.5, 0.6) is 0 Å². The van der Waals surface area contributed by atoms with E-state index in [9.17, 15) is 18.0 Å². The maximum atomic E-state index is 13.7. The molecule has 3 aromatic carbocycles. The SMILES string of the molecule is CN(C(=O)c1ccc2c(c1)N(Cc1ccccc1)C(=O)c1ccccc1S2(=O)=O)C1CCCCC1. The summed E-state index contributed by atoms with van der Waals surface area (Å²) in [4.78, 5) is 30.4. The Morgan fingerprint density at radius 1 is 0.914 bits per heavy atom. The Kier molecular flexibility index (Phi) is 6.19. The number of fused-ring (bicyclic) bond motifs is 2. The summed E-state index contributed by atoms with van der Waals surface area (Å²) in [7, 11) is -2.16. The molecule has 0 unspecified atom stereocenters.